The summed E-state index contributed by atoms with van der Waals surface area (Å²) in [7, 11) is 1.90. The summed E-state index contributed by atoms with van der Waals surface area (Å²) in [5.74, 6) is 0. The van der Waals surface area contributed by atoms with Crippen LogP contribution in [0.1, 0.15) is 23.2 Å². The predicted octanol–water partition coefficient (Wildman–Crippen LogP) is 2.43. The van der Waals surface area contributed by atoms with E-state index < -0.39 is 0 Å². The topological polar surface area (TPSA) is 41.1 Å². The third-order valence-electron chi connectivity index (χ3n) is 3.21. The van der Waals surface area contributed by atoms with Crippen molar-refractivity contribution in [1.29, 1.82) is 0 Å². The molecule has 3 heteroatoms. The SMILES string of the molecule is CNC(c1ccccc1)C(NC=O)c1ccccc1. The van der Waals surface area contributed by atoms with Gasteiger partial charge in [-0.05, 0) is 18.2 Å². The second-order valence-corrected chi connectivity index (χ2v) is 4.35. The molecule has 0 radical (unpaired) electrons. The van der Waals surface area contributed by atoms with Crippen molar-refractivity contribution < 1.29 is 4.79 Å². The first-order valence-electron chi connectivity index (χ1n) is 6.33. The number of amides is 1. The number of hydrogen-bond acceptors (Lipinski definition) is 2. The Labute approximate surface area is 113 Å². The molecule has 0 aliphatic carbocycles. The third kappa shape index (κ3) is 3.20. The highest BCUT2D eigenvalue weighted by Crippen LogP contribution is 2.27. The first-order chi connectivity index (χ1) is 9.36. The molecule has 1 amide bonds. The van der Waals surface area contributed by atoms with Crippen LogP contribution in [0.15, 0.2) is 60.7 Å². The summed E-state index contributed by atoms with van der Waals surface area (Å²) in [5, 5.41) is 6.19. The van der Waals surface area contributed by atoms with E-state index in [1.807, 2.05) is 55.6 Å². The Morgan fingerprint density at radius 2 is 1.32 bits per heavy atom. The zero-order valence-electron chi connectivity index (χ0n) is 10.9. The van der Waals surface area contributed by atoms with Gasteiger partial charge in [0, 0.05) is 0 Å². The van der Waals surface area contributed by atoms with Crippen LogP contribution in [0.25, 0.3) is 0 Å². The largest absolute Gasteiger partial charge is 0.350 e. The van der Waals surface area contributed by atoms with Gasteiger partial charge in [-0.3, -0.25) is 4.79 Å². The quantitative estimate of drug-likeness (QED) is 0.777. The lowest BCUT2D eigenvalue weighted by atomic mass is 9.93. The molecule has 0 aliphatic heterocycles. The summed E-state index contributed by atoms with van der Waals surface area (Å²) < 4.78 is 0. The number of benzene rings is 2. The Balaban J connectivity index is 2.34. The van der Waals surface area contributed by atoms with E-state index in [2.05, 4.69) is 22.8 Å². The second-order valence-electron chi connectivity index (χ2n) is 4.35. The highest BCUT2D eigenvalue weighted by molar-refractivity contribution is 5.48. The van der Waals surface area contributed by atoms with Crippen molar-refractivity contribution in [3.05, 3.63) is 71.8 Å². The summed E-state index contributed by atoms with van der Waals surface area (Å²) in [6.07, 6.45) is 0.755. The standard InChI is InChI=1S/C16H18N2O/c1-17-15(13-8-4-2-5-9-13)16(18-12-19)14-10-6-3-7-11-14/h2-12,15-17H,1H3,(H,18,19). The minimum absolute atomic E-state index is 0.0359. The van der Waals surface area contributed by atoms with Gasteiger partial charge in [0.2, 0.25) is 6.41 Å². The highest BCUT2D eigenvalue weighted by atomic mass is 16.1. The number of hydrogen-bond donors (Lipinski definition) is 2. The van der Waals surface area contributed by atoms with Crippen LogP contribution in [0.2, 0.25) is 0 Å². The van der Waals surface area contributed by atoms with E-state index in [1.165, 1.54) is 0 Å². The van der Waals surface area contributed by atoms with E-state index >= 15 is 0 Å². The molecule has 0 bridgehead atoms. The fraction of sp³-hybridized carbons (Fsp3) is 0.188. The zero-order chi connectivity index (χ0) is 13.5. The van der Waals surface area contributed by atoms with Crippen LogP contribution in [-0.4, -0.2) is 13.5 Å². The molecule has 0 aliphatic rings. The highest BCUT2D eigenvalue weighted by Gasteiger charge is 2.22. The van der Waals surface area contributed by atoms with Gasteiger partial charge in [-0.1, -0.05) is 60.7 Å². The molecule has 2 unspecified atom stereocenters. The maximum Gasteiger partial charge on any atom is 0.207 e. The van der Waals surface area contributed by atoms with Gasteiger partial charge in [-0.2, -0.15) is 0 Å². The summed E-state index contributed by atoms with van der Waals surface area (Å²) in [6.45, 7) is 0. The molecule has 0 fully saturated rings. The molecular weight excluding hydrogens is 236 g/mol. The normalized spacial score (nSPS) is 13.5. The average Bonchev–Trinajstić information content (AvgIpc) is 2.49. The van der Waals surface area contributed by atoms with Gasteiger partial charge in [-0.25, -0.2) is 0 Å². The molecule has 2 aromatic rings. The first-order valence-corrected chi connectivity index (χ1v) is 6.33. The molecule has 0 saturated heterocycles. The maximum absolute atomic E-state index is 10.9. The number of likely N-dealkylation sites (N-methyl/N-ethyl adjacent to an activating group) is 1. The molecular formula is C16H18N2O. The average molecular weight is 254 g/mol. The molecule has 2 rings (SSSR count). The van der Waals surface area contributed by atoms with Crippen molar-refractivity contribution in [2.75, 3.05) is 7.05 Å². The Kier molecular flexibility index (Phi) is 4.70. The van der Waals surface area contributed by atoms with Crippen LogP contribution in [0, 0.1) is 0 Å². The fourth-order valence-electron chi connectivity index (χ4n) is 2.30. The number of nitrogens with one attached hydrogen (secondary N) is 2. The number of rotatable bonds is 6. The zero-order valence-corrected chi connectivity index (χ0v) is 10.9. The molecule has 2 N–H and O–H groups in total. The van der Waals surface area contributed by atoms with Gasteiger partial charge in [-0.15, -0.1) is 0 Å². The molecule has 2 aromatic carbocycles. The molecule has 98 valence electrons. The molecule has 3 nitrogen and oxygen atoms in total. The summed E-state index contributed by atoms with van der Waals surface area (Å²) in [5.41, 5.74) is 2.23. The minimum atomic E-state index is -0.0916. The molecule has 2 atom stereocenters. The molecule has 0 heterocycles. The van der Waals surface area contributed by atoms with Crippen LogP contribution in [0.4, 0.5) is 0 Å². The van der Waals surface area contributed by atoms with Gasteiger partial charge in [0.25, 0.3) is 0 Å². The van der Waals surface area contributed by atoms with E-state index in [1.54, 1.807) is 0 Å². The third-order valence-corrected chi connectivity index (χ3v) is 3.21. The van der Waals surface area contributed by atoms with Crippen LogP contribution >= 0.6 is 0 Å². The summed E-state index contributed by atoms with van der Waals surface area (Å²) in [6, 6.07) is 20.0. The van der Waals surface area contributed by atoms with Gasteiger partial charge in [0.1, 0.15) is 0 Å². The predicted molar refractivity (Wildman–Crippen MR) is 76.6 cm³/mol. The molecule has 0 aromatic heterocycles. The lowest BCUT2D eigenvalue weighted by Crippen LogP contribution is -2.33. The van der Waals surface area contributed by atoms with Crippen molar-refractivity contribution in [3.63, 3.8) is 0 Å². The Hall–Kier alpha value is -2.13. The van der Waals surface area contributed by atoms with E-state index in [0.717, 1.165) is 17.5 Å². The van der Waals surface area contributed by atoms with Gasteiger partial charge in [0.15, 0.2) is 0 Å². The van der Waals surface area contributed by atoms with Crippen LogP contribution < -0.4 is 10.6 Å². The Bertz CT molecular complexity index is 499. The monoisotopic (exact) mass is 254 g/mol. The van der Waals surface area contributed by atoms with E-state index in [0.29, 0.717) is 0 Å². The van der Waals surface area contributed by atoms with Crippen molar-refractivity contribution in [3.8, 4) is 0 Å². The van der Waals surface area contributed by atoms with Crippen molar-refractivity contribution >= 4 is 6.41 Å². The lowest BCUT2D eigenvalue weighted by molar-refractivity contribution is -0.110. The molecule has 19 heavy (non-hydrogen) atoms. The van der Waals surface area contributed by atoms with Crippen LogP contribution in [0.3, 0.4) is 0 Å². The minimum Gasteiger partial charge on any atom is -0.350 e. The Morgan fingerprint density at radius 1 is 0.842 bits per heavy atom. The number of carbonyl (C=O) groups is 1. The van der Waals surface area contributed by atoms with E-state index in [9.17, 15) is 4.79 Å². The van der Waals surface area contributed by atoms with E-state index in [-0.39, 0.29) is 12.1 Å². The van der Waals surface area contributed by atoms with Crippen molar-refractivity contribution in [2.24, 2.45) is 0 Å². The number of carbonyl (C=O) groups excluding carboxylic acids is 1. The Morgan fingerprint density at radius 3 is 1.74 bits per heavy atom. The molecule has 0 saturated carbocycles. The van der Waals surface area contributed by atoms with Gasteiger partial charge in [0.05, 0.1) is 12.1 Å². The van der Waals surface area contributed by atoms with Crippen molar-refractivity contribution in [1.82, 2.24) is 10.6 Å². The first kappa shape index (κ1) is 13.3. The fourth-order valence-corrected chi connectivity index (χ4v) is 2.30. The lowest BCUT2D eigenvalue weighted by Gasteiger charge is -2.27. The second kappa shape index (κ2) is 6.71. The van der Waals surface area contributed by atoms with Gasteiger partial charge < -0.3 is 10.6 Å². The smallest absolute Gasteiger partial charge is 0.207 e. The van der Waals surface area contributed by atoms with Gasteiger partial charge >= 0.3 is 0 Å². The maximum atomic E-state index is 10.9. The molecule has 0 spiro atoms. The summed E-state index contributed by atoms with van der Waals surface area (Å²) >= 11 is 0. The summed E-state index contributed by atoms with van der Waals surface area (Å²) in [4.78, 5) is 10.9. The van der Waals surface area contributed by atoms with Crippen LogP contribution in [0.5, 0.6) is 0 Å². The van der Waals surface area contributed by atoms with E-state index in [4.69, 9.17) is 0 Å². The van der Waals surface area contributed by atoms with Crippen molar-refractivity contribution in [2.45, 2.75) is 12.1 Å². The van der Waals surface area contributed by atoms with Crippen LogP contribution in [-0.2, 0) is 4.79 Å².